The summed E-state index contributed by atoms with van der Waals surface area (Å²) in [6.45, 7) is 0. The highest BCUT2D eigenvalue weighted by Crippen LogP contribution is 2.28. The highest BCUT2D eigenvalue weighted by atomic mass is 35.5. The van der Waals surface area contributed by atoms with Crippen molar-refractivity contribution in [3.05, 3.63) is 46.2 Å². The van der Waals surface area contributed by atoms with E-state index >= 15 is 0 Å². The third kappa shape index (κ3) is 2.81. The molecule has 0 saturated heterocycles. The number of carbonyl (C=O) groups excluding carboxylic acids is 1. The lowest BCUT2D eigenvalue weighted by Crippen LogP contribution is -2.16. The predicted molar refractivity (Wildman–Crippen MR) is 73.0 cm³/mol. The Kier molecular flexibility index (Phi) is 4.36. The summed E-state index contributed by atoms with van der Waals surface area (Å²) >= 11 is 11.6. The van der Waals surface area contributed by atoms with Gasteiger partial charge < -0.3 is 10.1 Å². The molecule has 0 atom stereocenters. The maximum Gasteiger partial charge on any atom is 0.262 e. The molecule has 0 aliphatic rings. The van der Waals surface area contributed by atoms with E-state index in [1.807, 2.05) is 0 Å². The molecule has 0 bridgehead atoms. The molecule has 104 valence electrons. The maximum absolute atomic E-state index is 13.8. The zero-order valence-corrected chi connectivity index (χ0v) is 11.7. The van der Waals surface area contributed by atoms with Crippen molar-refractivity contribution in [2.75, 3.05) is 12.4 Å². The Morgan fingerprint density at radius 2 is 1.95 bits per heavy atom. The van der Waals surface area contributed by atoms with Gasteiger partial charge in [-0.2, -0.15) is 0 Å². The van der Waals surface area contributed by atoms with Crippen LogP contribution in [-0.4, -0.2) is 23.0 Å². The van der Waals surface area contributed by atoms with Crippen LogP contribution in [0.2, 0.25) is 10.3 Å². The van der Waals surface area contributed by atoms with Gasteiger partial charge in [0.25, 0.3) is 5.91 Å². The lowest BCUT2D eigenvalue weighted by molar-refractivity contribution is 0.102. The number of ether oxygens (including phenoxy) is 1. The SMILES string of the molecule is COc1cccc(F)c1C(=O)Nc1c(Cl)ncnc1Cl. The monoisotopic (exact) mass is 315 g/mol. The number of nitrogens with one attached hydrogen (secondary N) is 1. The van der Waals surface area contributed by atoms with Gasteiger partial charge in [0.05, 0.1) is 7.11 Å². The van der Waals surface area contributed by atoms with E-state index in [4.69, 9.17) is 27.9 Å². The van der Waals surface area contributed by atoms with Crippen molar-refractivity contribution < 1.29 is 13.9 Å². The molecule has 2 rings (SSSR count). The van der Waals surface area contributed by atoms with Gasteiger partial charge in [0, 0.05) is 0 Å². The molecule has 5 nitrogen and oxygen atoms in total. The largest absolute Gasteiger partial charge is 0.496 e. The summed E-state index contributed by atoms with van der Waals surface area (Å²) in [5, 5.41) is 2.27. The molecule has 0 aliphatic heterocycles. The third-order valence-corrected chi connectivity index (χ3v) is 2.99. The molecule has 0 saturated carbocycles. The minimum Gasteiger partial charge on any atom is -0.496 e. The molecule has 20 heavy (non-hydrogen) atoms. The number of hydrogen-bond acceptors (Lipinski definition) is 4. The third-order valence-electron chi connectivity index (χ3n) is 2.42. The van der Waals surface area contributed by atoms with Gasteiger partial charge in [-0.15, -0.1) is 0 Å². The van der Waals surface area contributed by atoms with Crippen molar-refractivity contribution in [1.29, 1.82) is 0 Å². The highest BCUT2D eigenvalue weighted by molar-refractivity contribution is 6.38. The Morgan fingerprint density at radius 3 is 2.55 bits per heavy atom. The minimum atomic E-state index is -0.765. The number of rotatable bonds is 3. The van der Waals surface area contributed by atoms with E-state index in [1.54, 1.807) is 0 Å². The van der Waals surface area contributed by atoms with E-state index in [-0.39, 0.29) is 27.3 Å². The van der Waals surface area contributed by atoms with Gasteiger partial charge in [-0.3, -0.25) is 4.79 Å². The van der Waals surface area contributed by atoms with Gasteiger partial charge in [0.15, 0.2) is 10.3 Å². The summed E-state index contributed by atoms with van der Waals surface area (Å²) in [6, 6.07) is 4.03. The van der Waals surface area contributed by atoms with E-state index in [0.29, 0.717) is 0 Å². The average molecular weight is 316 g/mol. The van der Waals surface area contributed by atoms with Crippen LogP contribution in [0.4, 0.5) is 10.1 Å². The summed E-state index contributed by atoms with van der Waals surface area (Å²) in [5.74, 6) is -1.41. The molecule has 0 radical (unpaired) electrons. The van der Waals surface area contributed by atoms with E-state index in [1.165, 1.54) is 19.2 Å². The lowest BCUT2D eigenvalue weighted by atomic mass is 10.1. The quantitative estimate of drug-likeness (QED) is 0.883. The van der Waals surface area contributed by atoms with Crippen LogP contribution in [-0.2, 0) is 0 Å². The average Bonchev–Trinajstić information content (AvgIpc) is 2.42. The number of hydrogen-bond donors (Lipinski definition) is 1. The zero-order valence-electron chi connectivity index (χ0n) is 10.2. The highest BCUT2D eigenvalue weighted by Gasteiger charge is 2.20. The van der Waals surface area contributed by atoms with Crippen LogP contribution in [0.1, 0.15) is 10.4 Å². The summed E-state index contributed by atoms with van der Waals surface area (Å²) in [7, 11) is 1.33. The first-order valence-corrected chi connectivity index (χ1v) is 6.10. The van der Waals surface area contributed by atoms with Crippen molar-refractivity contribution in [3.63, 3.8) is 0 Å². The van der Waals surface area contributed by atoms with Crippen LogP contribution in [0.5, 0.6) is 5.75 Å². The molecular formula is C12H8Cl2FN3O2. The van der Waals surface area contributed by atoms with Crippen LogP contribution in [0.25, 0.3) is 0 Å². The molecule has 0 unspecified atom stereocenters. The normalized spacial score (nSPS) is 10.2. The predicted octanol–water partition coefficient (Wildman–Crippen LogP) is 3.18. The second-order valence-electron chi connectivity index (χ2n) is 3.60. The summed E-state index contributed by atoms with van der Waals surface area (Å²) < 4.78 is 18.7. The number of halogens is 3. The standard InChI is InChI=1S/C12H8Cl2FN3O2/c1-20-7-4-2-3-6(15)8(7)12(19)18-9-10(13)16-5-17-11(9)14/h2-5H,1H3,(H,18,19). The smallest absolute Gasteiger partial charge is 0.262 e. The van der Waals surface area contributed by atoms with Crippen molar-refractivity contribution in [3.8, 4) is 5.75 Å². The number of amides is 1. The van der Waals surface area contributed by atoms with Crippen LogP contribution >= 0.6 is 23.2 Å². The van der Waals surface area contributed by atoms with Crippen molar-refractivity contribution in [2.45, 2.75) is 0 Å². The van der Waals surface area contributed by atoms with Gasteiger partial charge in [-0.05, 0) is 12.1 Å². The van der Waals surface area contributed by atoms with Gasteiger partial charge in [0.2, 0.25) is 0 Å². The molecule has 1 amide bonds. The number of aromatic nitrogens is 2. The Morgan fingerprint density at radius 1 is 1.30 bits per heavy atom. The molecule has 0 fully saturated rings. The maximum atomic E-state index is 13.8. The Bertz CT molecular complexity index is 647. The van der Waals surface area contributed by atoms with E-state index in [0.717, 1.165) is 12.4 Å². The first-order valence-electron chi connectivity index (χ1n) is 5.34. The van der Waals surface area contributed by atoms with Crippen molar-refractivity contribution in [1.82, 2.24) is 9.97 Å². The second kappa shape index (κ2) is 6.02. The Hall–Kier alpha value is -1.92. The Balaban J connectivity index is 2.39. The van der Waals surface area contributed by atoms with Gasteiger partial charge in [-0.1, -0.05) is 29.3 Å². The van der Waals surface area contributed by atoms with E-state index < -0.39 is 11.7 Å². The molecule has 0 spiro atoms. The zero-order chi connectivity index (χ0) is 14.7. The summed E-state index contributed by atoms with van der Waals surface area (Å²) in [6.07, 6.45) is 1.14. The van der Waals surface area contributed by atoms with Gasteiger partial charge in [-0.25, -0.2) is 14.4 Å². The lowest BCUT2D eigenvalue weighted by Gasteiger charge is -2.11. The molecule has 2 aromatic rings. The molecule has 0 aliphatic carbocycles. The molecule has 8 heteroatoms. The van der Waals surface area contributed by atoms with Crippen LogP contribution in [0.15, 0.2) is 24.5 Å². The Labute approximate surface area is 123 Å². The first-order chi connectivity index (χ1) is 9.54. The number of nitrogens with zero attached hydrogens (tertiary/aromatic N) is 2. The summed E-state index contributed by atoms with van der Waals surface area (Å²) in [4.78, 5) is 19.5. The van der Waals surface area contributed by atoms with Crippen LogP contribution in [0, 0.1) is 5.82 Å². The number of methoxy groups -OCH3 is 1. The number of anilines is 1. The van der Waals surface area contributed by atoms with Crippen molar-refractivity contribution in [2.24, 2.45) is 0 Å². The van der Waals surface area contributed by atoms with Gasteiger partial charge >= 0.3 is 0 Å². The second-order valence-corrected chi connectivity index (χ2v) is 4.32. The van der Waals surface area contributed by atoms with Crippen LogP contribution in [0.3, 0.4) is 0 Å². The number of benzene rings is 1. The topological polar surface area (TPSA) is 64.1 Å². The summed E-state index contributed by atoms with van der Waals surface area (Å²) in [5.41, 5.74) is -0.253. The van der Waals surface area contributed by atoms with E-state index in [9.17, 15) is 9.18 Å². The fraction of sp³-hybridized carbons (Fsp3) is 0.0833. The molecule has 1 N–H and O–H groups in total. The minimum absolute atomic E-state index is 0.00568. The first kappa shape index (κ1) is 14.5. The number of carbonyl (C=O) groups is 1. The van der Waals surface area contributed by atoms with E-state index in [2.05, 4.69) is 15.3 Å². The molecule has 1 aromatic carbocycles. The molecule has 1 aromatic heterocycles. The van der Waals surface area contributed by atoms with Gasteiger partial charge in [0.1, 0.15) is 29.1 Å². The molecular weight excluding hydrogens is 308 g/mol. The van der Waals surface area contributed by atoms with Crippen molar-refractivity contribution >= 4 is 34.8 Å². The fourth-order valence-electron chi connectivity index (χ4n) is 1.52. The fourth-order valence-corrected chi connectivity index (χ4v) is 1.93. The molecule has 1 heterocycles. The van der Waals surface area contributed by atoms with Crippen LogP contribution < -0.4 is 10.1 Å².